The van der Waals surface area contributed by atoms with Gasteiger partial charge in [-0.2, -0.15) is 0 Å². The third-order valence-corrected chi connectivity index (χ3v) is 14.9. The SMILES string of the molecule is CC/C=C\C/C=C\C/C=C\C/C=C\C/C=C\C/C=C\C/C=C\C/C=C\CCCCCCC(=O)OCC(COC(=O)CCCCCCCCC/C=C\CCCCCCCCC)OC(=O)CCCCCCCCC/C=C\CCCCCCCCC. The molecular weight excluding hydrogens is 1020 g/mol. The zero-order chi connectivity index (χ0) is 59.9. The van der Waals surface area contributed by atoms with Gasteiger partial charge in [0.05, 0.1) is 0 Å². The first-order valence-electron chi connectivity index (χ1n) is 35.0. The van der Waals surface area contributed by atoms with E-state index in [-0.39, 0.29) is 31.1 Å². The molecule has 0 amide bonds. The number of carbonyl (C=O) groups is 3. The van der Waals surface area contributed by atoms with Gasteiger partial charge < -0.3 is 14.2 Å². The van der Waals surface area contributed by atoms with E-state index in [0.29, 0.717) is 19.3 Å². The molecule has 0 fully saturated rings. The molecule has 0 radical (unpaired) electrons. The highest BCUT2D eigenvalue weighted by atomic mass is 16.6. The first-order chi connectivity index (χ1) is 41.0. The van der Waals surface area contributed by atoms with Crippen molar-refractivity contribution in [1.29, 1.82) is 0 Å². The molecule has 0 aromatic carbocycles. The average Bonchev–Trinajstić information content (AvgIpc) is 3.49. The lowest BCUT2D eigenvalue weighted by atomic mass is 10.1. The first kappa shape index (κ1) is 78.8. The molecule has 0 heterocycles. The Kier molecular flexibility index (Phi) is 66.7. The van der Waals surface area contributed by atoms with Gasteiger partial charge in [-0.25, -0.2) is 0 Å². The standard InChI is InChI=1S/C77H130O6/c1-4-7-10-13-16-19-22-25-28-31-34-35-36-37-38-39-40-41-42-43-44-47-49-52-55-58-61-64-67-70-76(79)82-73-74(83-77(80)71-68-65-62-59-56-53-50-46-33-30-27-24-21-18-15-12-9-6-3)72-81-75(78)69-66-63-60-57-54-51-48-45-32-29-26-23-20-17-14-11-8-5-2/h7,10,16,19,25,28-30,32-35,37-38,40-41,43-44,49,52,74H,4-6,8-9,11-15,17-18,20-24,26-27,31,36,39,42,45-48,50-51,53-73H2,1-3H3/b10-7-,19-16-,28-25-,32-29-,33-30-,35-34-,38-37-,41-40-,44-43-,52-49-. The Bertz CT molecular complexity index is 1700. The summed E-state index contributed by atoms with van der Waals surface area (Å²) in [6, 6.07) is 0. The number of carbonyl (C=O) groups excluding carboxylic acids is 3. The van der Waals surface area contributed by atoms with Crippen LogP contribution in [0.2, 0.25) is 0 Å². The number of hydrogen-bond donors (Lipinski definition) is 0. The van der Waals surface area contributed by atoms with Crippen molar-refractivity contribution in [2.75, 3.05) is 13.2 Å². The van der Waals surface area contributed by atoms with Crippen molar-refractivity contribution in [3.05, 3.63) is 122 Å². The van der Waals surface area contributed by atoms with E-state index in [9.17, 15) is 14.4 Å². The van der Waals surface area contributed by atoms with E-state index >= 15 is 0 Å². The van der Waals surface area contributed by atoms with Crippen molar-refractivity contribution in [3.8, 4) is 0 Å². The molecule has 0 saturated carbocycles. The predicted molar refractivity (Wildman–Crippen MR) is 362 cm³/mol. The normalized spacial score (nSPS) is 12.9. The van der Waals surface area contributed by atoms with Crippen molar-refractivity contribution in [2.24, 2.45) is 0 Å². The molecule has 0 aromatic heterocycles. The summed E-state index contributed by atoms with van der Waals surface area (Å²) in [6.45, 7) is 6.53. The first-order valence-corrected chi connectivity index (χ1v) is 35.0. The molecule has 0 bridgehead atoms. The van der Waals surface area contributed by atoms with E-state index in [0.717, 1.165) is 122 Å². The van der Waals surface area contributed by atoms with Gasteiger partial charge in [-0.1, -0.05) is 296 Å². The second kappa shape index (κ2) is 70.3. The molecule has 0 saturated heterocycles. The molecule has 0 spiro atoms. The van der Waals surface area contributed by atoms with Gasteiger partial charge in [0, 0.05) is 19.3 Å². The van der Waals surface area contributed by atoms with Crippen LogP contribution in [0, 0.1) is 0 Å². The fourth-order valence-electron chi connectivity index (χ4n) is 9.68. The molecule has 0 aliphatic rings. The van der Waals surface area contributed by atoms with E-state index in [1.165, 1.54) is 167 Å². The Morgan fingerprint density at radius 1 is 0.253 bits per heavy atom. The van der Waals surface area contributed by atoms with Crippen molar-refractivity contribution in [3.63, 3.8) is 0 Å². The van der Waals surface area contributed by atoms with Crippen LogP contribution in [0.25, 0.3) is 0 Å². The molecule has 474 valence electrons. The van der Waals surface area contributed by atoms with Gasteiger partial charge in [-0.15, -0.1) is 0 Å². The fourth-order valence-corrected chi connectivity index (χ4v) is 9.68. The van der Waals surface area contributed by atoms with E-state index in [4.69, 9.17) is 14.2 Å². The number of ether oxygens (including phenoxy) is 3. The van der Waals surface area contributed by atoms with Gasteiger partial charge in [0.2, 0.25) is 0 Å². The zero-order valence-electron chi connectivity index (χ0n) is 54.4. The molecule has 6 nitrogen and oxygen atoms in total. The Hall–Kier alpha value is -4.19. The summed E-state index contributed by atoms with van der Waals surface area (Å²) in [5.74, 6) is -0.915. The van der Waals surface area contributed by atoms with Crippen LogP contribution in [0.4, 0.5) is 0 Å². The van der Waals surface area contributed by atoms with Crippen LogP contribution in [-0.4, -0.2) is 37.2 Å². The summed E-state index contributed by atoms with van der Waals surface area (Å²) in [4.78, 5) is 38.5. The molecule has 1 atom stereocenters. The maximum atomic E-state index is 12.9. The number of rotatable bonds is 63. The van der Waals surface area contributed by atoms with E-state index < -0.39 is 6.10 Å². The minimum atomic E-state index is -0.798. The smallest absolute Gasteiger partial charge is 0.306 e. The molecule has 83 heavy (non-hydrogen) atoms. The Morgan fingerprint density at radius 2 is 0.470 bits per heavy atom. The van der Waals surface area contributed by atoms with Crippen molar-refractivity contribution in [1.82, 2.24) is 0 Å². The number of allylic oxidation sites excluding steroid dienone is 20. The lowest BCUT2D eigenvalue weighted by Gasteiger charge is -2.18. The maximum Gasteiger partial charge on any atom is 0.306 e. The third-order valence-electron chi connectivity index (χ3n) is 14.9. The maximum absolute atomic E-state index is 12.9. The highest BCUT2D eigenvalue weighted by Crippen LogP contribution is 2.16. The number of hydrogen-bond acceptors (Lipinski definition) is 6. The van der Waals surface area contributed by atoms with Crippen LogP contribution in [0.5, 0.6) is 0 Å². The lowest BCUT2D eigenvalue weighted by molar-refractivity contribution is -0.167. The van der Waals surface area contributed by atoms with Gasteiger partial charge >= 0.3 is 17.9 Å². The van der Waals surface area contributed by atoms with Gasteiger partial charge in [-0.05, 0) is 135 Å². The van der Waals surface area contributed by atoms with Gasteiger partial charge in [0.25, 0.3) is 0 Å². The summed E-state index contributed by atoms with van der Waals surface area (Å²) in [6.07, 6.45) is 97.8. The fraction of sp³-hybridized carbons (Fsp3) is 0.701. The molecule has 0 aliphatic carbocycles. The summed E-state index contributed by atoms with van der Waals surface area (Å²) in [7, 11) is 0. The van der Waals surface area contributed by atoms with Crippen LogP contribution in [0.3, 0.4) is 0 Å². The number of unbranched alkanes of at least 4 members (excludes halogenated alkanes) is 32. The minimum absolute atomic E-state index is 0.0908. The van der Waals surface area contributed by atoms with Gasteiger partial charge in [0.1, 0.15) is 13.2 Å². The Balaban J connectivity index is 4.43. The second-order valence-corrected chi connectivity index (χ2v) is 23.1. The van der Waals surface area contributed by atoms with Crippen LogP contribution in [0.1, 0.15) is 329 Å². The van der Waals surface area contributed by atoms with Crippen LogP contribution >= 0.6 is 0 Å². The van der Waals surface area contributed by atoms with Gasteiger partial charge in [0.15, 0.2) is 6.10 Å². The van der Waals surface area contributed by atoms with Crippen LogP contribution in [-0.2, 0) is 28.6 Å². The minimum Gasteiger partial charge on any atom is -0.462 e. The highest BCUT2D eigenvalue weighted by molar-refractivity contribution is 5.71. The average molecular weight is 1150 g/mol. The predicted octanol–water partition coefficient (Wildman–Crippen LogP) is 24.3. The molecule has 0 N–H and O–H groups in total. The largest absolute Gasteiger partial charge is 0.462 e. The van der Waals surface area contributed by atoms with Crippen molar-refractivity contribution in [2.45, 2.75) is 335 Å². The van der Waals surface area contributed by atoms with E-state index in [1.807, 2.05) is 0 Å². The van der Waals surface area contributed by atoms with Crippen molar-refractivity contribution >= 4 is 17.9 Å². The van der Waals surface area contributed by atoms with Gasteiger partial charge in [-0.3, -0.25) is 14.4 Å². The van der Waals surface area contributed by atoms with Crippen LogP contribution < -0.4 is 0 Å². The number of esters is 3. The van der Waals surface area contributed by atoms with Crippen molar-refractivity contribution < 1.29 is 28.6 Å². The monoisotopic (exact) mass is 1150 g/mol. The summed E-state index contributed by atoms with van der Waals surface area (Å²) in [5, 5.41) is 0. The molecule has 0 rings (SSSR count). The molecular formula is C77H130O6. The van der Waals surface area contributed by atoms with E-state index in [2.05, 4.69) is 142 Å². The Morgan fingerprint density at radius 3 is 0.747 bits per heavy atom. The molecule has 0 aromatic rings. The zero-order valence-corrected chi connectivity index (χ0v) is 54.4. The highest BCUT2D eigenvalue weighted by Gasteiger charge is 2.19. The molecule has 1 unspecified atom stereocenters. The quantitative estimate of drug-likeness (QED) is 0.0261. The second-order valence-electron chi connectivity index (χ2n) is 23.1. The third kappa shape index (κ3) is 68.5. The van der Waals surface area contributed by atoms with E-state index in [1.54, 1.807) is 0 Å². The summed E-state index contributed by atoms with van der Waals surface area (Å²) >= 11 is 0. The topological polar surface area (TPSA) is 78.9 Å². The summed E-state index contributed by atoms with van der Waals surface area (Å²) in [5.41, 5.74) is 0. The molecule has 0 aliphatic heterocycles. The summed E-state index contributed by atoms with van der Waals surface area (Å²) < 4.78 is 17.0. The Labute approximate surface area is 513 Å². The van der Waals surface area contributed by atoms with Crippen LogP contribution in [0.15, 0.2) is 122 Å². The molecule has 6 heteroatoms. The lowest BCUT2D eigenvalue weighted by Crippen LogP contribution is -2.30.